The number of rotatable bonds is 5. The van der Waals surface area contributed by atoms with Crippen LogP contribution in [-0.2, 0) is 10.5 Å². The van der Waals surface area contributed by atoms with Gasteiger partial charge in [0, 0.05) is 32.8 Å². The molecule has 1 unspecified atom stereocenters. The summed E-state index contributed by atoms with van der Waals surface area (Å²) in [5, 5.41) is 10.6. The van der Waals surface area contributed by atoms with Crippen molar-refractivity contribution >= 4 is 39.2 Å². The summed E-state index contributed by atoms with van der Waals surface area (Å²) in [5.41, 5.74) is 15.2. The molecule has 0 fully saturated rings. The van der Waals surface area contributed by atoms with Crippen molar-refractivity contribution < 1.29 is 4.79 Å². The van der Waals surface area contributed by atoms with Gasteiger partial charge in [-0.2, -0.15) is 5.26 Å². The first-order valence-electron chi connectivity index (χ1n) is 13.5. The first kappa shape index (κ1) is 28.3. The molecule has 204 valence electrons. The van der Waals surface area contributed by atoms with Gasteiger partial charge in [-0.25, -0.2) is 0 Å². The number of Topliss-reactive ketones (excluding diaryl/α,β-unsaturated/α-hetero) is 1. The number of thioether (sulfide) groups is 1. The second-order valence-electron chi connectivity index (χ2n) is 11.6. The molecule has 0 spiro atoms. The Balaban J connectivity index is 1.69. The lowest BCUT2D eigenvalue weighted by Crippen LogP contribution is -2.42. The molecular weight excluding hydrogens is 578 g/mol. The predicted molar refractivity (Wildman–Crippen MR) is 168 cm³/mol. The molecule has 1 atom stereocenters. The largest absolute Gasteiger partial charge is 0.384 e. The molecule has 1 aliphatic carbocycles. The summed E-state index contributed by atoms with van der Waals surface area (Å²) in [6, 6.07) is 23.0. The van der Waals surface area contributed by atoms with Crippen molar-refractivity contribution in [3.8, 4) is 6.07 Å². The lowest BCUT2D eigenvalue weighted by atomic mass is 9.68. The fourth-order valence-electron chi connectivity index (χ4n) is 6.02. The highest BCUT2D eigenvalue weighted by atomic mass is 79.9. The highest BCUT2D eigenvalue weighted by Gasteiger charge is 2.45. The van der Waals surface area contributed by atoms with Crippen LogP contribution in [0.4, 0.5) is 5.69 Å². The topological polar surface area (TPSA) is 70.1 Å². The predicted octanol–water partition coefficient (Wildman–Crippen LogP) is 8.61. The average molecular weight is 613 g/mol. The molecule has 3 aromatic carbocycles. The van der Waals surface area contributed by atoms with E-state index < -0.39 is 5.92 Å². The Hall–Kier alpha value is -3.27. The summed E-state index contributed by atoms with van der Waals surface area (Å²) in [6.45, 7) is 10.6. The van der Waals surface area contributed by atoms with Gasteiger partial charge in [-0.1, -0.05) is 61.9 Å². The second kappa shape index (κ2) is 11.0. The third-order valence-corrected chi connectivity index (χ3v) is 9.86. The number of hydrogen-bond donors (Lipinski definition) is 1. The zero-order chi connectivity index (χ0) is 28.8. The minimum Gasteiger partial charge on any atom is -0.384 e. The van der Waals surface area contributed by atoms with Gasteiger partial charge in [-0.3, -0.25) is 9.69 Å². The summed E-state index contributed by atoms with van der Waals surface area (Å²) >= 11 is 5.49. The Morgan fingerprint density at radius 2 is 1.77 bits per heavy atom. The molecule has 0 amide bonds. The van der Waals surface area contributed by atoms with Gasteiger partial charge in [-0.15, -0.1) is 11.8 Å². The number of nitrogens with two attached hydrogens (primary N) is 1. The third-order valence-electron chi connectivity index (χ3n) is 7.96. The Morgan fingerprint density at radius 3 is 2.48 bits per heavy atom. The van der Waals surface area contributed by atoms with Crippen molar-refractivity contribution in [1.29, 1.82) is 5.26 Å². The number of para-hydroxylation sites is 1. The summed E-state index contributed by atoms with van der Waals surface area (Å²) in [5.74, 6) is 0.782. The van der Waals surface area contributed by atoms with E-state index in [1.165, 1.54) is 16.0 Å². The van der Waals surface area contributed by atoms with Gasteiger partial charge in [0.1, 0.15) is 5.82 Å². The van der Waals surface area contributed by atoms with Gasteiger partial charge in [-0.05, 0) is 89.0 Å². The van der Waals surface area contributed by atoms with Crippen LogP contribution in [0.2, 0.25) is 0 Å². The number of halogens is 1. The van der Waals surface area contributed by atoms with Crippen LogP contribution < -0.4 is 10.6 Å². The smallest absolute Gasteiger partial charge is 0.162 e. The molecule has 4 nitrogen and oxygen atoms in total. The van der Waals surface area contributed by atoms with Gasteiger partial charge in [0.2, 0.25) is 0 Å². The third kappa shape index (κ3) is 5.13. The SMILES string of the molecule is Cc1cc(CSc2ccccc2C)c(C)c(C2C(C#N)=C(N)N(c3ccccc3Br)C3=C2C(=O)CC(C)(C)C3)c1. The van der Waals surface area contributed by atoms with E-state index >= 15 is 0 Å². The van der Waals surface area contributed by atoms with Crippen molar-refractivity contribution in [1.82, 2.24) is 0 Å². The van der Waals surface area contributed by atoms with Gasteiger partial charge >= 0.3 is 0 Å². The molecule has 0 aromatic heterocycles. The van der Waals surface area contributed by atoms with E-state index in [4.69, 9.17) is 5.73 Å². The maximum absolute atomic E-state index is 14.0. The number of hydrogen-bond acceptors (Lipinski definition) is 5. The molecule has 2 aliphatic rings. The zero-order valence-electron chi connectivity index (χ0n) is 23.6. The standard InChI is InChI=1S/C34H34BrN3OS/c1-20-14-23(19-40-30-13-9-6-10-21(30)2)22(3)24(15-20)31-25(18-36)33(37)38(27-12-8-7-11-26(27)35)28-16-34(4,5)17-29(39)32(28)31/h6-15,31H,16-17,19,37H2,1-5H3. The number of anilines is 1. The van der Waals surface area contributed by atoms with E-state index in [1.807, 2.05) is 40.9 Å². The molecule has 1 heterocycles. The average Bonchev–Trinajstić information content (AvgIpc) is 2.89. The monoisotopic (exact) mass is 611 g/mol. The number of benzene rings is 3. The van der Waals surface area contributed by atoms with Gasteiger partial charge in [0.25, 0.3) is 0 Å². The number of nitrogens with zero attached hydrogens (tertiary/aromatic N) is 2. The van der Waals surface area contributed by atoms with Crippen LogP contribution in [0.1, 0.15) is 60.4 Å². The highest BCUT2D eigenvalue weighted by Crippen LogP contribution is 2.51. The normalized spacial score (nSPS) is 18.6. The second-order valence-corrected chi connectivity index (χ2v) is 13.5. The van der Waals surface area contributed by atoms with Crippen LogP contribution in [0, 0.1) is 37.5 Å². The maximum atomic E-state index is 14.0. The fourth-order valence-corrected chi connectivity index (χ4v) is 7.56. The molecule has 0 bridgehead atoms. The lowest BCUT2D eigenvalue weighted by molar-refractivity contribution is -0.118. The fraction of sp³-hybridized carbons (Fsp3) is 0.294. The number of carbonyl (C=O) groups excluding carboxylic acids is 1. The Kier molecular flexibility index (Phi) is 7.74. The van der Waals surface area contributed by atoms with Crippen molar-refractivity contribution in [2.24, 2.45) is 11.1 Å². The summed E-state index contributed by atoms with van der Waals surface area (Å²) in [7, 11) is 0. The molecule has 0 radical (unpaired) electrons. The summed E-state index contributed by atoms with van der Waals surface area (Å²) in [4.78, 5) is 17.2. The van der Waals surface area contributed by atoms with E-state index in [2.05, 4.69) is 93.0 Å². The van der Waals surface area contributed by atoms with E-state index in [0.717, 1.165) is 38.3 Å². The first-order chi connectivity index (χ1) is 19.0. The first-order valence-corrected chi connectivity index (χ1v) is 15.3. The number of nitriles is 1. The van der Waals surface area contributed by atoms with Crippen molar-refractivity contribution in [2.75, 3.05) is 4.90 Å². The van der Waals surface area contributed by atoms with Crippen LogP contribution in [-0.4, -0.2) is 5.78 Å². The quantitative estimate of drug-likeness (QED) is 0.292. The Bertz CT molecular complexity index is 1630. The Morgan fingerprint density at radius 1 is 1.07 bits per heavy atom. The lowest BCUT2D eigenvalue weighted by Gasteiger charge is -2.44. The van der Waals surface area contributed by atoms with Crippen molar-refractivity contribution in [2.45, 2.75) is 64.0 Å². The van der Waals surface area contributed by atoms with Gasteiger partial charge in [0.05, 0.1) is 23.2 Å². The van der Waals surface area contributed by atoms with E-state index in [-0.39, 0.29) is 11.2 Å². The van der Waals surface area contributed by atoms with Crippen LogP contribution in [0.5, 0.6) is 0 Å². The minimum absolute atomic E-state index is 0.0882. The van der Waals surface area contributed by atoms with Crippen LogP contribution >= 0.6 is 27.7 Å². The Labute approximate surface area is 250 Å². The molecule has 0 saturated carbocycles. The molecule has 2 N–H and O–H groups in total. The van der Waals surface area contributed by atoms with Gasteiger partial charge in [0.15, 0.2) is 5.78 Å². The number of carbonyl (C=O) groups is 1. The number of aryl methyl sites for hydroxylation is 2. The van der Waals surface area contributed by atoms with Crippen LogP contribution in [0.3, 0.4) is 0 Å². The summed E-state index contributed by atoms with van der Waals surface area (Å²) in [6.07, 6.45) is 1.12. The van der Waals surface area contributed by atoms with Crippen LogP contribution in [0.15, 0.2) is 92.7 Å². The zero-order valence-corrected chi connectivity index (χ0v) is 26.0. The van der Waals surface area contributed by atoms with E-state index in [1.54, 1.807) is 0 Å². The van der Waals surface area contributed by atoms with Gasteiger partial charge < -0.3 is 5.73 Å². The number of ketones is 1. The van der Waals surface area contributed by atoms with Crippen LogP contribution in [0.25, 0.3) is 0 Å². The molecule has 40 heavy (non-hydrogen) atoms. The molecule has 6 heteroatoms. The van der Waals surface area contributed by atoms with E-state index in [0.29, 0.717) is 29.8 Å². The van der Waals surface area contributed by atoms with Crippen molar-refractivity contribution in [3.05, 3.63) is 116 Å². The maximum Gasteiger partial charge on any atom is 0.162 e. The molecule has 1 aliphatic heterocycles. The molecule has 0 saturated heterocycles. The number of allylic oxidation sites excluding steroid dienone is 3. The molecule has 5 rings (SSSR count). The molecular formula is C34H34BrN3OS. The van der Waals surface area contributed by atoms with E-state index in [9.17, 15) is 10.1 Å². The molecule has 3 aromatic rings. The summed E-state index contributed by atoms with van der Waals surface area (Å²) < 4.78 is 0.860. The minimum atomic E-state index is -0.496. The highest BCUT2D eigenvalue weighted by molar-refractivity contribution is 9.10. The van der Waals surface area contributed by atoms with Crippen molar-refractivity contribution in [3.63, 3.8) is 0 Å².